The molecule has 0 spiro atoms. The molecular weight excluding hydrogens is 322 g/mol. The first-order valence-corrected chi connectivity index (χ1v) is 10.3. The van der Waals surface area contributed by atoms with Gasteiger partial charge >= 0.3 is 0 Å². The monoisotopic (exact) mass is 357 g/mol. The summed E-state index contributed by atoms with van der Waals surface area (Å²) < 4.78 is 0. The highest BCUT2D eigenvalue weighted by Gasteiger charge is 2.23. The standard InChI is InChI=1S/C21H35N5/c1-22-21(23-13-9-16-25-14-7-2-3-8-15-25)24-19-12-17-26(18-19)20-10-5-4-6-11-20/h4-6,10-11,19H,2-3,7-9,12-18H2,1H3,(H2,22,23,24). The van der Waals surface area contributed by atoms with E-state index in [4.69, 9.17) is 0 Å². The Morgan fingerprint density at radius 1 is 1.08 bits per heavy atom. The van der Waals surface area contributed by atoms with Crippen LogP contribution in [0.1, 0.15) is 38.5 Å². The van der Waals surface area contributed by atoms with E-state index in [0.29, 0.717) is 6.04 Å². The van der Waals surface area contributed by atoms with Crippen LogP contribution in [0.3, 0.4) is 0 Å². The van der Waals surface area contributed by atoms with Gasteiger partial charge in [0.25, 0.3) is 0 Å². The highest BCUT2D eigenvalue weighted by molar-refractivity contribution is 5.80. The van der Waals surface area contributed by atoms with Crippen LogP contribution in [0.2, 0.25) is 0 Å². The van der Waals surface area contributed by atoms with Crippen molar-refractivity contribution < 1.29 is 0 Å². The molecule has 3 rings (SSSR count). The molecule has 2 fully saturated rings. The summed E-state index contributed by atoms with van der Waals surface area (Å²) in [5.41, 5.74) is 1.32. The zero-order chi connectivity index (χ0) is 18.0. The molecule has 1 aromatic rings. The molecule has 1 atom stereocenters. The summed E-state index contributed by atoms with van der Waals surface area (Å²) in [7, 11) is 1.87. The molecule has 1 unspecified atom stereocenters. The second kappa shape index (κ2) is 10.4. The van der Waals surface area contributed by atoms with Crippen molar-refractivity contribution in [2.45, 2.75) is 44.6 Å². The first-order valence-electron chi connectivity index (χ1n) is 10.3. The van der Waals surface area contributed by atoms with Gasteiger partial charge in [0.05, 0.1) is 0 Å². The number of guanidine groups is 1. The normalized spacial score (nSPS) is 22.3. The van der Waals surface area contributed by atoms with Gasteiger partial charge in [0.15, 0.2) is 5.96 Å². The summed E-state index contributed by atoms with van der Waals surface area (Å²) in [4.78, 5) is 9.48. The minimum Gasteiger partial charge on any atom is -0.369 e. The summed E-state index contributed by atoms with van der Waals surface area (Å²) >= 11 is 0. The number of benzene rings is 1. The van der Waals surface area contributed by atoms with Crippen LogP contribution in [0.5, 0.6) is 0 Å². The van der Waals surface area contributed by atoms with Gasteiger partial charge in [0.1, 0.15) is 0 Å². The van der Waals surface area contributed by atoms with E-state index >= 15 is 0 Å². The van der Waals surface area contributed by atoms with Crippen molar-refractivity contribution in [1.82, 2.24) is 15.5 Å². The maximum absolute atomic E-state index is 4.41. The third-order valence-corrected chi connectivity index (χ3v) is 5.52. The van der Waals surface area contributed by atoms with Gasteiger partial charge in [-0.2, -0.15) is 0 Å². The van der Waals surface area contributed by atoms with Crippen molar-refractivity contribution in [3.8, 4) is 0 Å². The molecular formula is C21H35N5. The zero-order valence-corrected chi connectivity index (χ0v) is 16.3. The number of hydrogen-bond acceptors (Lipinski definition) is 3. The molecule has 0 amide bonds. The van der Waals surface area contributed by atoms with Gasteiger partial charge in [-0.3, -0.25) is 4.99 Å². The predicted octanol–water partition coefficient (Wildman–Crippen LogP) is 2.70. The topological polar surface area (TPSA) is 42.9 Å². The van der Waals surface area contributed by atoms with E-state index in [9.17, 15) is 0 Å². The molecule has 5 heteroatoms. The van der Waals surface area contributed by atoms with Crippen LogP contribution >= 0.6 is 0 Å². The van der Waals surface area contributed by atoms with E-state index in [-0.39, 0.29) is 0 Å². The maximum atomic E-state index is 4.41. The Hall–Kier alpha value is -1.75. The molecule has 26 heavy (non-hydrogen) atoms. The summed E-state index contributed by atoms with van der Waals surface area (Å²) in [5.74, 6) is 0.945. The summed E-state index contributed by atoms with van der Waals surface area (Å²) in [6, 6.07) is 11.2. The lowest BCUT2D eigenvalue weighted by molar-refractivity contribution is 0.282. The second-order valence-corrected chi connectivity index (χ2v) is 7.52. The molecule has 1 aromatic carbocycles. The average Bonchev–Trinajstić information content (AvgIpc) is 2.99. The van der Waals surface area contributed by atoms with Crippen molar-refractivity contribution in [2.75, 3.05) is 51.2 Å². The van der Waals surface area contributed by atoms with E-state index in [1.165, 1.54) is 57.4 Å². The fourth-order valence-corrected chi connectivity index (χ4v) is 4.01. The van der Waals surface area contributed by atoms with Crippen molar-refractivity contribution in [1.29, 1.82) is 0 Å². The quantitative estimate of drug-likeness (QED) is 0.467. The molecule has 144 valence electrons. The maximum Gasteiger partial charge on any atom is 0.191 e. The largest absolute Gasteiger partial charge is 0.369 e. The minimum absolute atomic E-state index is 0.465. The Morgan fingerprint density at radius 2 is 1.85 bits per heavy atom. The number of para-hydroxylation sites is 1. The van der Waals surface area contributed by atoms with Crippen LogP contribution in [0.15, 0.2) is 35.3 Å². The first-order chi connectivity index (χ1) is 12.8. The average molecular weight is 358 g/mol. The Bertz CT molecular complexity index is 537. The van der Waals surface area contributed by atoms with Crippen molar-refractivity contribution in [2.24, 2.45) is 4.99 Å². The number of aliphatic imine (C=N–C) groups is 1. The molecule has 2 aliphatic rings. The van der Waals surface area contributed by atoms with Crippen molar-refractivity contribution in [3.63, 3.8) is 0 Å². The van der Waals surface area contributed by atoms with Gasteiger partial charge < -0.3 is 20.4 Å². The number of rotatable bonds is 6. The molecule has 2 N–H and O–H groups in total. The van der Waals surface area contributed by atoms with Crippen molar-refractivity contribution >= 4 is 11.6 Å². The third-order valence-electron chi connectivity index (χ3n) is 5.52. The third kappa shape index (κ3) is 5.90. The first kappa shape index (κ1) is 19.0. The molecule has 0 aromatic heterocycles. The lowest BCUT2D eigenvalue weighted by atomic mass is 10.2. The Balaban J connectivity index is 1.34. The lowest BCUT2D eigenvalue weighted by Crippen LogP contribution is -2.45. The number of nitrogens with one attached hydrogen (secondary N) is 2. The Labute approximate surface area is 158 Å². The van der Waals surface area contributed by atoms with E-state index in [0.717, 1.165) is 32.0 Å². The van der Waals surface area contributed by atoms with Crippen molar-refractivity contribution in [3.05, 3.63) is 30.3 Å². The number of likely N-dealkylation sites (tertiary alicyclic amines) is 1. The van der Waals surface area contributed by atoms with Crippen LogP contribution in [-0.2, 0) is 0 Å². The number of hydrogen-bond donors (Lipinski definition) is 2. The van der Waals surface area contributed by atoms with Gasteiger partial charge in [-0.1, -0.05) is 31.0 Å². The highest BCUT2D eigenvalue weighted by Crippen LogP contribution is 2.19. The van der Waals surface area contributed by atoms with E-state index in [1.54, 1.807) is 0 Å². The highest BCUT2D eigenvalue weighted by atomic mass is 15.2. The molecule has 2 heterocycles. The van der Waals surface area contributed by atoms with Crippen LogP contribution in [0.25, 0.3) is 0 Å². The fourth-order valence-electron chi connectivity index (χ4n) is 4.01. The van der Waals surface area contributed by atoms with Gasteiger partial charge in [0.2, 0.25) is 0 Å². The van der Waals surface area contributed by atoms with Gasteiger partial charge in [-0.25, -0.2) is 0 Å². The summed E-state index contributed by atoms with van der Waals surface area (Å²) in [6.45, 7) is 6.90. The van der Waals surface area contributed by atoms with Crippen LogP contribution in [0, 0.1) is 0 Å². The van der Waals surface area contributed by atoms with Crippen LogP contribution < -0.4 is 15.5 Å². The lowest BCUT2D eigenvalue weighted by Gasteiger charge is -2.21. The summed E-state index contributed by atoms with van der Waals surface area (Å²) in [6.07, 6.45) is 7.90. The Morgan fingerprint density at radius 3 is 2.58 bits per heavy atom. The zero-order valence-electron chi connectivity index (χ0n) is 16.3. The Kier molecular flexibility index (Phi) is 7.62. The molecule has 0 saturated carbocycles. The summed E-state index contributed by atoms with van der Waals surface area (Å²) in [5, 5.41) is 7.10. The van der Waals surface area contributed by atoms with E-state index in [2.05, 4.69) is 55.8 Å². The smallest absolute Gasteiger partial charge is 0.191 e. The predicted molar refractivity (Wildman–Crippen MR) is 111 cm³/mol. The van der Waals surface area contributed by atoms with E-state index < -0.39 is 0 Å². The molecule has 0 aliphatic carbocycles. The molecule has 2 aliphatic heterocycles. The minimum atomic E-state index is 0.465. The fraction of sp³-hybridized carbons (Fsp3) is 0.667. The van der Waals surface area contributed by atoms with Crippen LogP contribution in [0.4, 0.5) is 5.69 Å². The second-order valence-electron chi connectivity index (χ2n) is 7.52. The van der Waals surface area contributed by atoms with Gasteiger partial charge in [0, 0.05) is 38.4 Å². The van der Waals surface area contributed by atoms with Gasteiger partial charge in [-0.05, 0) is 57.5 Å². The SMILES string of the molecule is CN=C(NCCCN1CCCCCC1)NC1CCN(c2ccccc2)C1. The van der Waals surface area contributed by atoms with E-state index in [1.807, 2.05) is 7.05 Å². The van der Waals surface area contributed by atoms with Gasteiger partial charge in [-0.15, -0.1) is 0 Å². The molecule has 2 saturated heterocycles. The number of nitrogens with zero attached hydrogens (tertiary/aromatic N) is 3. The molecule has 0 bridgehead atoms. The molecule has 0 radical (unpaired) electrons. The molecule has 5 nitrogen and oxygen atoms in total. The van der Waals surface area contributed by atoms with Crippen LogP contribution in [-0.4, -0.2) is 63.2 Å². The number of anilines is 1.